The van der Waals surface area contributed by atoms with Crippen molar-refractivity contribution in [2.75, 3.05) is 0 Å². The third-order valence-corrected chi connectivity index (χ3v) is 5.12. The molecule has 2 N–H and O–H groups in total. The SMILES string of the molecule is O=C(O)CC(C(=O)O)n1c(-c2ccccc2)cc2c1CCc1ccccc1-2. The van der Waals surface area contributed by atoms with E-state index in [1.165, 1.54) is 5.56 Å². The van der Waals surface area contributed by atoms with Crippen LogP contribution in [-0.4, -0.2) is 26.7 Å². The van der Waals surface area contributed by atoms with Crippen molar-refractivity contribution in [2.24, 2.45) is 0 Å². The van der Waals surface area contributed by atoms with E-state index in [0.717, 1.165) is 34.5 Å². The maximum Gasteiger partial charge on any atom is 0.327 e. The van der Waals surface area contributed by atoms with Crippen molar-refractivity contribution < 1.29 is 19.8 Å². The first-order chi connectivity index (χ1) is 13.1. The maximum absolute atomic E-state index is 12.0. The Bertz CT molecular complexity index is 1020. The van der Waals surface area contributed by atoms with Gasteiger partial charge in [-0.05, 0) is 35.6 Å². The highest BCUT2D eigenvalue weighted by molar-refractivity contribution is 5.84. The number of carboxylic acid groups (broad SMARTS) is 2. The van der Waals surface area contributed by atoms with Crippen molar-refractivity contribution in [1.29, 1.82) is 0 Å². The molecule has 1 aliphatic rings. The summed E-state index contributed by atoms with van der Waals surface area (Å²) in [6.07, 6.45) is 1.03. The first kappa shape index (κ1) is 17.1. The number of benzene rings is 2. The van der Waals surface area contributed by atoms with Gasteiger partial charge in [-0.15, -0.1) is 0 Å². The van der Waals surface area contributed by atoms with Gasteiger partial charge in [-0.1, -0.05) is 54.6 Å². The first-order valence-electron chi connectivity index (χ1n) is 8.88. The minimum absolute atomic E-state index is 0.460. The molecular weight excluding hydrogens is 342 g/mol. The number of carboxylic acids is 2. The molecule has 136 valence electrons. The molecule has 1 aromatic heterocycles. The van der Waals surface area contributed by atoms with Gasteiger partial charge >= 0.3 is 11.9 Å². The van der Waals surface area contributed by atoms with Crippen molar-refractivity contribution in [3.05, 3.63) is 71.9 Å². The Balaban J connectivity index is 1.98. The minimum Gasteiger partial charge on any atom is -0.481 e. The van der Waals surface area contributed by atoms with E-state index in [1.54, 1.807) is 4.57 Å². The summed E-state index contributed by atoms with van der Waals surface area (Å²) >= 11 is 0. The first-order valence-corrected chi connectivity index (χ1v) is 8.88. The molecule has 1 heterocycles. The Morgan fingerprint density at radius 2 is 1.63 bits per heavy atom. The van der Waals surface area contributed by atoms with E-state index < -0.39 is 24.4 Å². The minimum atomic E-state index is -1.15. The molecular formula is C22H19NO4. The number of carbonyl (C=O) groups is 2. The number of aryl methyl sites for hydroxylation is 1. The molecule has 4 rings (SSSR count). The highest BCUT2D eigenvalue weighted by Crippen LogP contribution is 2.41. The van der Waals surface area contributed by atoms with E-state index >= 15 is 0 Å². The summed E-state index contributed by atoms with van der Waals surface area (Å²) in [5, 5.41) is 19.1. The molecule has 1 atom stereocenters. The van der Waals surface area contributed by atoms with Gasteiger partial charge in [0.15, 0.2) is 0 Å². The maximum atomic E-state index is 12.0. The van der Waals surface area contributed by atoms with E-state index in [1.807, 2.05) is 54.6 Å². The van der Waals surface area contributed by atoms with Crippen molar-refractivity contribution in [3.8, 4) is 22.4 Å². The molecule has 5 nitrogen and oxygen atoms in total. The second-order valence-electron chi connectivity index (χ2n) is 6.74. The fourth-order valence-corrected chi connectivity index (χ4v) is 3.95. The lowest BCUT2D eigenvalue weighted by Crippen LogP contribution is -2.25. The molecule has 0 saturated carbocycles. The van der Waals surface area contributed by atoms with Gasteiger partial charge in [0.05, 0.1) is 6.42 Å². The quantitative estimate of drug-likeness (QED) is 0.719. The molecule has 5 heteroatoms. The van der Waals surface area contributed by atoms with Gasteiger partial charge in [0.2, 0.25) is 0 Å². The van der Waals surface area contributed by atoms with Gasteiger partial charge in [0, 0.05) is 17.0 Å². The van der Waals surface area contributed by atoms with Crippen molar-refractivity contribution in [1.82, 2.24) is 4.57 Å². The Hall–Kier alpha value is -3.34. The second-order valence-corrected chi connectivity index (χ2v) is 6.74. The van der Waals surface area contributed by atoms with Crippen LogP contribution >= 0.6 is 0 Å². The van der Waals surface area contributed by atoms with Crippen molar-refractivity contribution in [2.45, 2.75) is 25.3 Å². The summed E-state index contributed by atoms with van der Waals surface area (Å²) in [6.45, 7) is 0. The van der Waals surface area contributed by atoms with Crippen LogP contribution in [0.1, 0.15) is 23.7 Å². The van der Waals surface area contributed by atoms with Crippen molar-refractivity contribution >= 4 is 11.9 Å². The molecule has 0 bridgehead atoms. The second kappa shape index (κ2) is 6.76. The van der Waals surface area contributed by atoms with Crippen LogP contribution in [0.5, 0.6) is 0 Å². The smallest absolute Gasteiger partial charge is 0.327 e. The normalized spacial score (nSPS) is 13.5. The third-order valence-electron chi connectivity index (χ3n) is 5.12. The van der Waals surface area contributed by atoms with Gasteiger partial charge < -0.3 is 14.8 Å². The summed E-state index contributed by atoms with van der Waals surface area (Å²) in [5.74, 6) is -2.26. The molecule has 0 fully saturated rings. The van der Waals surface area contributed by atoms with E-state index in [-0.39, 0.29) is 0 Å². The lowest BCUT2D eigenvalue weighted by atomic mass is 9.89. The molecule has 27 heavy (non-hydrogen) atoms. The van der Waals surface area contributed by atoms with Crippen LogP contribution in [0.25, 0.3) is 22.4 Å². The highest BCUT2D eigenvalue weighted by Gasteiger charge is 2.31. The average molecular weight is 361 g/mol. The van der Waals surface area contributed by atoms with E-state index in [9.17, 15) is 19.8 Å². The lowest BCUT2D eigenvalue weighted by Gasteiger charge is -2.23. The van der Waals surface area contributed by atoms with E-state index in [4.69, 9.17) is 0 Å². The largest absolute Gasteiger partial charge is 0.481 e. The standard InChI is InChI=1S/C22H19NO4/c24-21(25)13-20(22(26)27)23-18-11-10-14-6-4-5-9-16(14)17(18)12-19(23)15-7-2-1-3-8-15/h1-9,12,20H,10-11,13H2,(H,24,25)(H,26,27). The fourth-order valence-electron chi connectivity index (χ4n) is 3.95. The number of aromatic nitrogens is 1. The predicted octanol–water partition coefficient (Wildman–Crippen LogP) is 4.02. The third kappa shape index (κ3) is 3.01. The monoisotopic (exact) mass is 361 g/mol. The Morgan fingerprint density at radius 3 is 2.33 bits per heavy atom. The molecule has 0 aliphatic heterocycles. The molecule has 0 amide bonds. The Kier molecular flexibility index (Phi) is 4.28. The topological polar surface area (TPSA) is 79.5 Å². The number of nitrogens with zero attached hydrogens (tertiary/aromatic N) is 1. The van der Waals surface area contributed by atoms with Crippen LogP contribution < -0.4 is 0 Å². The van der Waals surface area contributed by atoms with Gasteiger partial charge in [-0.25, -0.2) is 4.79 Å². The Labute approximate surface area is 156 Å². The highest BCUT2D eigenvalue weighted by atomic mass is 16.4. The number of aliphatic carboxylic acids is 2. The predicted molar refractivity (Wildman–Crippen MR) is 102 cm³/mol. The summed E-state index contributed by atoms with van der Waals surface area (Å²) in [4.78, 5) is 23.3. The summed E-state index contributed by atoms with van der Waals surface area (Å²) < 4.78 is 1.72. The number of hydrogen-bond donors (Lipinski definition) is 2. The van der Waals surface area contributed by atoms with Gasteiger partial charge in [0.25, 0.3) is 0 Å². The number of hydrogen-bond acceptors (Lipinski definition) is 2. The fraction of sp³-hybridized carbons (Fsp3) is 0.182. The Morgan fingerprint density at radius 1 is 0.926 bits per heavy atom. The van der Waals surface area contributed by atoms with Crippen LogP contribution in [0, 0.1) is 0 Å². The van der Waals surface area contributed by atoms with Crippen LogP contribution in [0.4, 0.5) is 0 Å². The summed E-state index contributed by atoms with van der Waals surface area (Å²) in [6, 6.07) is 18.5. The molecule has 1 aliphatic carbocycles. The van der Waals surface area contributed by atoms with Gasteiger partial charge in [-0.2, -0.15) is 0 Å². The molecule has 0 radical (unpaired) electrons. The average Bonchev–Trinajstić information content (AvgIpc) is 3.06. The molecule has 2 aromatic carbocycles. The molecule has 3 aromatic rings. The van der Waals surface area contributed by atoms with E-state index in [0.29, 0.717) is 6.42 Å². The molecule has 0 saturated heterocycles. The lowest BCUT2D eigenvalue weighted by molar-refractivity contribution is -0.147. The number of fused-ring (bicyclic) bond motifs is 3. The van der Waals surface area contributed by atoms with Crippen LogP contribution in [-0.2, 0) is 22.4 Å². The molecule has 0 spiro atoms. The number of rotatable bonds is 5. The zero-order chi connectivity index (χ0) is 19.0. The van der Waals surface area contributed by atoms with Crippen LogP contribution in [0.2, 0.25) is 0 Å². The van der Waals surface area contributed by atoms with Crippen LogP contribution in [0.15, 0.2) is 60.7 Å². The zero-order valence-corrected chi connectivity index (χ0v) is 14.6. The molecule has 1 unspecified atom stereocenters. The van der Waals surface area contributed by atoms with Gasteiger partial charge in [-0.3, -0.25) is 4.79 Å². The zero-order valence-electron chi connectivity index (χ0n) is 14.6. The summed E-state index contributed by atoms with van der Waals surface area (Å²) in [7, 11) is 0. The van der Waals surface area contributed by atoms with Crippen molar-refractivity contribution in [3.63, 3.8) is 0 Å². The van der Waals surface area contributed by atoms with E-state index in [2.05, 4.69) is 6.07 Å². The van der Waals surface area contributed by atoms with Gasteiger partial charge in [0.1, 0.15) is 6.04 Å². The van der Waals surface area contributed by atoms with Crippen LogP contribution in [0.3, 0.4) is 0 Å². The summed E-state index contributed by atoms with van der Waals surface area (Å²) in [5.41, 5.74) is 5.82.